The number of ether oxygens (including phenoxy) is 2. The Labute approximate surface area is 233 Å². The van der Waals surface area contributed by atoms with Crippen LogP contribution in [0.25, 0.3) is 21.6 Å². The summed E-state index contributed by atoms with van der Waals surface area (Å²) < 4.78 is 27.5. The van der Waals surface area contributed by atoms with Crippen molar-refractivity contribution in [2.24, 2.45) is 0 Å². The first-order chi connectivity index (χ1) is 19.5. The highest BCUT2D eigenvalue weighted by Crippen LogP contribution is 2.29. The summed E-state index contributed by atoms with van der Waals surface area (Å²) in [4.78, 5) is 30.7. The van der Waals surface area contributed by atoms with Crippen molar-refractivity contribution < 1.29 is 23.8 Å². The van der Waals surface area contributed by atoms with E-state index in [-0.39, 0.29) is 24.1 Å². The summed E-state index contributed by atoms with van der Waals surface area (Å²) >= 11 is 1.37. The number of halogens is 1. The number of carboxylic acids is 1. The number of hydrogen-bond donors (Lipinski definition) is 1. The first-order valence-electron chi connectivity index (χ1n) is 12.8. The number of aromatic nitrogens is 4. The van der Waals surface area contributed by atoms with Crippen LogP contribution in [0.15, 0.2) is 41.8 Å². The third-order valence-electron chi connectivity index (χ3n) is 7.06. The Morgan fingerprint density at radius 1 is 1.27 bits per heavy atom. The van der Waals surface area contributed by atoms with Gasteiger partial charge in [-0.1, -0.05) is 29.5 Å². The van der Waals surface area contributed by atoms with Crippen molar-refractivity contribution in [2.75, 3.05) is 19.7 Å². The second-order valence-electron chi connectivity index (χ2n) is 9.65. The predicted octanol–water partition coefficient (Wildman–Crippen LogP) is 4.93. The molecule has 2 aliphatic heterocycles. The Morgan fingerprint density at radius 3 is 2.85 bits per heavy atom. The van der Waals surface area contributed by atoms with Gasteiger partial charge in [0.05, 0.1) is 31.5 Å². The number of rotatable bonds is 9. The lowest BCUT2D eigenvalue weighted by Gasteiger charge is -2.29. The third kappa shape index (κ3) is 5.44. The molecule has 6 rings (SSSR count). The van der Waals surface area contributed by atoms with E-state index in [1.54, 1.807) is 18.2 Å². The number of imidazole rings is 1. The maximum atomic E-state index is 14.2. The van der Waals surface area contributed by atoms with Crippen LogP contribution < -0.4 is 4.74 Å². The molecule has 0 saturated carbocycles. The van der Waals surface area contributed by atoms with E-state index in [0.717, 1.165) is 43.1 Å². The summed E-state index contributed by atoms with van der Waals surface area (Å²) in [7, 11) is 0. The molecule has 0 radical (unpaired) electrons. The van der Waals surface area contributed by atoms with Crippen molar-refractivity contribution in [1.82, 2.24) is 24.4 Å². The van der Waals surface area contributed by atoms with Gasteiger partial charge in [0.25, 0.3) is 5.19 Å². The van der Waals surface area contributed by atoms with Gasteiger partial charge in [0.15, 0.2) is 17.0 Å². The molecule has 12 heteroatoms. The molecular weight excluding hydrogens is 535 g/mol. The first-order valence-corrected chi connectivity index (χ1v) is 13.7. The maximum absolute atomic E-state index is 14.2. The molecule has 1 N–H and O–H groups in total. The van der Waals surface area contributed by atoms with Crippen molar-refractivity contribution in [3.05, 3.63) is 81.8 Å². The van der Waals surface area contributed by atoms with Crippen molar-refractivity contribution in [3.8, 4) is 5.19 Å². The van der Waals surface area contributed by atoms with Gasteiger partial charge in [-0.25, -0.2) is 29.0 Å². The van der Waals surface area contributed by atoms with Gasteiger partial charge in [0.2, 0.25) is 0 Å². The van der Waals surface area contributed by atoms with Crippen LogP contribution >= 0.6 is 11.3 Å². The zero-order chi connectivity index (χ0) is 27.6. The van der Waals surface area contributed by atoms with Gasteiger partial charge < -0.3 is 19.1 Å². The van der Waals surface area contributed by atoms with E-state index >= 15 is 0 Å². The Morgan fingerprint density at radius 2 is 2.15 bits per heavy atom. The molecule has 5 heterocycles. The molecule has 1 unspecified atom stereocenters. The number of nitrogens with zero attached hydrogens (tertiary/aromatic N) is 6. The lowest BCUT2D eigenvalue weighted by molar-refractivity contribution is -0.0592. The fourth-order valence-electron chi connectivity index (χ4n) is 4.73. The van der Waals surface area contributed by atoms with Crippen LogP contribution in [0.1, 0.15) is 40.4 Å². The Hall–Kier alpha value is -4.18. The summed E-state index contributed by atoms with van der Waals surface area (Å²) in [6, 6.07) is 7.53. The summed E-state index contributed by atoms with van der Waals surface area (Å²) in [6.07, 6.45) is 3.98. The smallest absolute Gasteiger partial charge is 0.354 e. The third-order valence-corrected chi connectivity index (χ3v) is 7.81. The van der Waals surface area contributed by atoms with E-state index in [9.17, 15) is 14.3 Å². The van der Waals surface area contributed by atoms with E-state index in [1.165, 1.54) is 23.5 Å². The topological polar surface area (TPSA) is 107 Å². The highest BCUT2D eigenvalue weighted by Gasteiger charge is 2.25. The standard InChI is InChI=1S/C28H25FN6O4S/c1-30-19-3-2-18(21(29)12-19)15-39-28-33-24(16-40-28)17-6-9-34(10-7-17)14-25-31-22-4-5-23(27(36)37)32-26(22)35(25)13-20-8-11-38-20/h2-6,12,16,20H,7-11,13-15H2,(H,36,37). The highest BCUT2D eigenvalue weighted by atomic mass is 32.1. The van der Waals surface area contributed by atoms with Gasteiger partial charge in [0.1, 0.15) is 23.8 Å². The molecule has 204 valence electrons. The van der Waals surface area contributed by atoms with Crippen LogP contribution in [0, 0.1) is 12.4 Å². The molecule has 0 amide bonds. The average Bonchev–Trinajstić information content (AvgIpc) is 3.54. The number of hydrogen-bond acceptors (Lipinski definition) is 8. The maximum Gasteiger partial charge on any atom is 0.354 e. The van der Waals surface area contributed by atoms with Crippen LogP contribution in [0.2, 0.25) is 0 Å². The molecule has 40 heavy (non-hydrogen) atoms. The van der Waals surface area contributed by atoms with Gasteiger partial charge in [-0.3, -0.25) is 4.90 Å². The Kier molecular flexibility index (Phi) is 7.25. The van der Waals surface area contributed by atoms with E-state index in [4.69, 9.17) is 21.0 Å². The number of aromatic carboxylic acids is 1. The summed E-state index contributed by atoms with van der Waals surface area (Å²) in [5, 5.41) is 11.8. The molecule has 1 atom stereocenters. The van der Waals surface area contributed by atoms with Crippen LogP contribution in [0.5, 0.6) is 5.19 Å². The van der Waals surface area contributed by atoms with Gasteiger partial charge in [-0.2, -0.15) is 0 Å². The monoisotopic (exact) mass is 560 g/mol. The Balaban J connectivity index is 1.12. The fourth-order valence-corrected chi connectivity index (χ4v) is 5.43. The SMILES string of the molecule is [C-]#[N+]c1ccc(COc2nc(C3=CCN(Cc4nc5ccc(C(=O)O)nc5n4CC4CCO4)CC3)cs2)c(F)c1. The molecule has 0 aliphatic carbocycles. The number of thiazole rings is 1. The van der Waals surface area contributed by atoms with Crippen molar-refractivity contribution in [1.29, 1.82) is 0 Å². The number of carboxylic acid groups (broad SMARTS) is 1. The molecule has 3 aromatic heterocycles. The van der Waals surface area contributed by atoms with Crippen LogP contribution in [0.4, 0.5) is 10.1 Å². The molecule has 1 fully saturated rings. The zero-order valence-electron chi connectivity index (χ0n) is 21.4. The predicted molar refractivity (Wildman–Crippen MR) is 146 cm³/mol. The number of carbonyl (C=O) groups is 1. The van der Waals surface area contributed by atoms with E-state index in [0.29, 0.717) is 41.6 Å². The van der Waals surface area contributed by atoms with Gasteiger partial charge in [-0.15, -0.1) is 0 Å². The van der Waals surface area contributed by atoms with Crippen molar-refractivity contribution in [3.63, 3.8) is 0 Å². The first kappa shape index (κ1) is 26.1. The lowest BCUT2D eigenvalue weighted by Crippen LogP contribution is -2.33. The highest BCUT2D eigenvalue weighted by molar-refractivity contribution is 7.11. The van der Waals surface area contributed by atoms with E-state index in [1.807, 2.05) is 9.95 Å². The van der Waals surface area contributed by atoms with Crippen LogP contribution in [-0.2, 0) is 24.4 Å². The summed E-state index contributed by atoms with van der Waals surface area (Å²) in [5.74, 6) is -0.701. The van der Waals surface area contributed by atoms with Crippen molar-refractivity contribution in [2.45, 2.75) is 38.6 Å². The molecule has 1 saturated heterocycles. The van der Waals surface area contributed by atoms with Crippen LogP contribution in [0.3, 0.4) is 0 Å². The zero-order valence-corrected chi connectivity index (χ0v) is 22.2. The van der Waals surface area contributed by atoms with Crippen molar-refractivity contribution >= 4 is 39.7 Å². The van der Waals surface area contributed by atoms with E-state index < -0.39 is 11.8 Å². The molecule has 4 aromatic rings. The minimum absolute atomic E-state index is 0.00461. The molecule has 1 aromatic carbocycles. The van der Waals surface area contributed by atoms with E-state index in [2.05, 4.69) is 25.8 Å². The number of pyridine rings is 1. The second-order valence-corrected chi connectivity index (χ2v) is 10.5. The minimum atomic E-state index is -1.07. The van der Waals surface area contributed by atoms with Gasteiger partial charge in [0, 0.05) is 30.6 Å². The second kappa shape index (κ2) is 11.1. The molecule has 0 bridgehead atoms. The average molecular weight is 561 g/mol. The number of fused-ring (bicyclic) bond motifs is 1. The minimum Gasteiger partial charge on any atom is -0.477 e. The molecule has 0 spiro atoms. The molecule has 2 aliphatic rings. The number of benzene rings is 1. The molecular formula is C28H25FN6O4S. The quantitative estimate of drug-likeness (QED) is 0.287. The Bertz CT molecular complexity index is 1650. The normalized spacial score (nSPS) is 17.3. The summed E-state index contributed by atoms with van der Waals surface area (Å²) in [6.45, 7) is 10.5. The largest absolute Gasteiger partial charge is 0.477 e. The molecule has 10 nitrogen and oxygen atoms in total. The summed E-state index contributed by atoms with van der Waals surface area (Å²) in [5.41, 5.74) is 3.84. The fraction of sp³-hybridized carbons (Fsp3) is 0.321. The lowest BCUT2D eigenvalue weighted by atomic mass is 10.1. The van der Waals surface area contributed by atoms with Gasteiger partial charge in [-0.05, 0) is 36.6 Å². The van der Waals surface area contributed by atoms with Gasteiger partial charge >= 0.3 is 5.97 Å². The van der Waals surface area contributed by atoms with Crippen LogP contribution in [-0.4, -0.2) is 61.3 Å².